The van der Waals surface area contributed by atoms with E-state index in [1.54, 1.807) is 19.1 Å². The van der Waals surface area contributed by atoms with Crippen molar-refractivity contribution in [3.05, 3.63) is 42.0 Å². The molecular weight excluding hydrogens is 445 g/mol. The molecule has 1 saturated heterocycles. The van der Waals surface area contributed by atoms with Crippen LogP contribution in [0.2, 0.25) is 0 Å². The van der Waals surface area contributed by atoms with Gasteiger partial charge in [0.2, 0.25) is 0 Å². The summed E-state index contributed by atoms with van der Waals surface area (Å²) < 4.78 is 22.9. The van der Waals surface area contributed by atoms with Crippen LogP contribution in [0.15, 0.2) is 30.9 Å². The molecule has 6 N–H and O–H groups in total. The number of rotatable bonds is 7. The molecule has 4 rings (SSSR count). The Hall–Kier alpha value is -2.64. The van der Waals surface area contributed by atoms with E-state index >= 15 is 0 Å². The van der Waals surface area contributed by atoms with Gasteiger partial charge < -0.3 is 29.9 Å². The van der Waals surface area contributed by atoms with E-state index in [0.717, 1.165) is 0 Å². The summed E-state index contributed by atoms with van der Waals surface area (Å²) in [5.74, 6) is 0.442. The molecule has 172 valence electrons. The monoisotopic (exact) mass is 467 g/mol. The molecule has 2 aromatic heterocycles. The minimum atomic E-state index is -4.69. The molecule has 13 nitrogen and oxygen atoms in total. The predicted octanol–water partition coefficient (Wildman–Crippen LogP) is -0.170. The van der Waals surface area contributed by atoms with Gasteiger partial charge in [-0.25, -0.2) is 19.5 Å². The van der Waals surface area contributed by atoms with E-state index in [1.807, 2.05) is 0 Å². The molecular formula is C18H22N5O8P. The van der Waals surface area contributed by atoms with Crippen molar-refractivity contribution >= 4 is 24.8 Å². The lowest BCUT2D eigenvalue weighted by Gasteiger charge is -2.16. The second-order valence-electron chi connectivity index (χ2n) is 7.31. The van der Waals surface area contributed by atoms with E-state index in [-0.39, 0.29) is 12.3 Å². The van der Waals surface area contributed by atoms with Crippen molar-refractivity contribution in [1.82, 2.24) is 19.5 Å². The number of nitrogens with one attached hydrogen (secondary N) is 1. The van der Waals surface area contributed by atoms with Crippen LogP contribution in [0, 0.1) is 6.92 Å². The molecule has 0 spiro atoms. The maximum atomic E-state index is 11.2. The van der Waals surface area contributed by atoms with Crippen LogP contribution >= 0.6 is 7.82 Å². The fourth-order valence-electron chi connectivity index (χ4n) is 3.44. The van der Waals surface area contributed by atoms with Crippen molar-refractivity contribution in [3.8, 4) is 5.75 Å². The number of fused-ring (bicyclic) bond motifs is 1. The summed E-state index contributed by atoms with van der Waals surface area (Å²) in [6, 6.07) is 4.95. The van der Waals surface area contributed by atoms with Crippen LogP contribution < -0.4 is 9.84 Å². The van der Waals surface area contributed by atoms with Crippen LogP contribution in [0.1, 0.15) is 17.4 Å². The highest BCUT2D eigenvalue weighted by atomic mass is 31.2. The molecule has 3 aromatic rings. The first-order chi connectivity index (χ1) is 15.2. The first-order valence-electron chi connectivity index (χ1n) is 9.56. The van der Waals surface area contributed by atoms with Crippen LogP contribution in [0.25, 0.3) is 11.2 Å². The van der Waals surface area contributed by atoms with Crippen molar-refractivity contribution in [1.29, 1.82) is 0 Å². The van der Waals surface area contributed by atoms with Gasteiger partial charge in [-0.2, -0.15) is 0 Å². The van der Waals surface area contributed by atoms with Crippen molar-refractivity contribution in [2.24, 2.45) is 0 Å². The first kappa shape index (κ1) is 22.6. The molecule has 0 bridgehead atoms. The number of imidazole rings is 1. The van der Waals surface area contributed by atoms with Crippen LogP contribution in [0.4, 0.5) is 5.82 Å². The van der Waals surface area contributed by atoms with Crippen LogP contribution in [0.3, 0.4) is 0 Å². The van der Waals surface area contributed by atoms with Gasteiger partial charge in [-0.05, 0) is 24.1 Å². The predicted molar refractivity (Wildman–Crippen MR) is 110 cm³/mol. The Kier molecular flexibility index (Phi) is 6.14. The van der Waals surface area contributed by atoms with E-state index in [4.69, 9.17) is 19.0 Å². The topological polar surface area (TPSA) is 192 Å². The molecule has 1 aliphatic heterocycles. The molecule has 0 saturated carbocycles. The maximum absolute atomic E-state index is 11.2. The molecule has 32 heavy (non-hydrogen) atoms. The number of aromatic nitrogens is 4. The van der Waals surface area contributed by atoms with E-state index in [1.165, 1.54) is 23.3 Å². The molecule has 14 heteroatoms. The summed E-state index contributed by atoms with van der Waals surface area (Å²) in [6.45, 7) is 1.46. The third-order valence-electron chi connectivity index (χ3n) is 5.08. The van der Waals surface area contributed by atoms with Gasteiger partial charge in [0.15, 0.2) is 23.2 Å². The van der Waals surface area contributed by atoms with Gasteiger partial charge in [0.1, 0.15) is 30.4 Å². The van der Waals surface area contributed by atoms with E-state index in [2.05, 4.69) is 20.3 Å². The van der Waals surface area contributed by atoms with Crippen molar-refractivity contribution in [2.75, 3.05) is 11.9 Å². The molecule has 1 aromatic carbocycles. The fraction of sp³-hybridized carbons (Fsp3) is 0.389. The average Bonchev–Trinajstić information content (AvgIpc) is 3.29. The Morgan fingerprint density at radius 2 is 2.00 bits per heavy atom. The quantitative estimate of drug-likeness (QED) is 0.252. The van der Waals surface area contributed by atoms with Crippen LogP contribution in [-0.4, -0.2) is 69.5 Å². The zero-order valence-corrected chi connectivity index (χ0v) is 17.7. The molecule has 0 radical (unpaired) electrons. The van der Waals surface area contributed by atoms with Gasteiger partial charge in [-0.1, -0.05) is 12.1 Å². The van der Waals surface area contributed by atoms with Crippen molar-refractivity contribution in [2.45, 2.75) is 38.0 Å². The molecule has 1 fully saturated rings. The molecule has 3 heterocycles. The van der Waals surface area contributed by atoms with Gasteiger partial charge in [0.05, 0.1) is 12.9 Å². The van der Waals surface area contributed by atoms with Gasteiger partial charge in [0, 0.05) is 6.54 Å². The molecule has 1 aliphatic rings. The minimum Gasteiger partial charge on any atom is -0.404 e. The van der Waals surface area contributed by atoms with Crippen molar-refractivity contribution < 1.29 is 38.9 Å². The number of aryl methyl sites for hydroxylation is 1. The molecule has 0 unspecified atom stereocenters. The number of phosphoric ester groups is 1. The lowest BCUT2D eigenvalue weighted by molar-refractivity contribution is -0.0511. The summed E-state index contributed by atoms with van der Waals surface area (Å²) in [7, 11) is -4.69. The lowest BCUT2D eigenvalue weighted by Crippen LogP contribution is -2.33. The SMILES string of the molecule is Cc1ccc(CNc2ncnc3c2ncn3[C@@H]2O[C@H](CO)[C@@H](O)[C@H]2O)cc1OP(=O)(O)O. The maximum Gasteiger partial charge on any atom is 0.524 e. The average molecular weight is 467 g/mol. The Morgan fingerprint density at radius 3 is 2.69 bits per heavy atom. The lowest BCUT2D eigenvalue weighted by atomic mass is 10.1. The summed E-state index contributed by atoms with van der Waals surface area (Å²) in [6.07, 6.45) is -1.77. The molecule has 4 atom stereocenters. The van der Waals surface area contributed by atoms with Gasteiger partial charge >= 0.3 is 7.82 Å². The zero-order valence-electron chi connectivity index (χ0n) is 16.8. The summed E-state index contributed by atoms with van der Waals surface area (Å²) in [5, 5.41) is 32.7. The Balaban J connectivity index is 1.56. The second-order valence-corrected chi connectivity index (χ2v) is 8.47. The fourth-order valence-corrected chi connectivity index (χ4v) is 3.90. The number of ether oxygens (including phenoxy) is 1. The van der Waals surface area contributed by atoms with Gasteiger partial charge in [-0.3, -0.25) is 14.4 Å². The minimum absolute atomic E-state index is 0.0686. The van der Waals surface area contributed by atoms with Gasteiger partial charge in [-0.15, -0.1) is 0 Å². The van der Waals surface area contributed by atoms with Crippen LogP contribution in [0.5, 0.6) is 5.75 Å². The highest BCUT2D eigenvalue weighted by Gasteiger charge is 2.44. The van der Waals surface area contributed by atoms with E-state index in [9.17, 15) is 19.9 Å². The van der Waals surface area contributed by atoms with Crippen LogP contribution in [-0.2, 0) is 15.8 Å². The molecule has 0 aliphatic carbocycles. The zero-order chi connectivity index (χ0) is 23.0. The number of phosphoric acid groups is 1. The highest BCUT2D eigenvalue weighted by Crippen LogP contribution is 2.39. The standard InChI is InChI=1S/C18H22N5O8P/c1-9-2-3-10(4-11(9)31-32(27,28)29)5-19-16-13-17(21-7-20-16)23(8-22-13)18-15(26)14(25)12(6-24)30-18/h2-4,7-8,12,14-15,18,24-26H,5-6H2,1H3,(H,19,20,21)(H2,27,28,29)/t12-,14-,15-,18-/m1/s1. The molecule has 0 amide bonds. The Morgan fingerprint density at radius 1 is 1.22 bits per heavy atom. The Labute approximate surface area is 181 Å². The van der Waals surface area contributed by atoms with E-state index in [0.29, 0.717) is 28.1 Å². The largest absolute Gasteiger partial charge is 0.524 e. The number of nitrogens with zero attached hydrogens (tertiary/aromatic N) is 4. The highest BCUT2D eigenvalue weighted by molar-refractivity contribution is 7.46. The summed E-state index contributed by atoms with van der Waals surface area (Å²) in [5.41, 5.74) is 1.96. The number of benzene rings is 1. The number of hydrogen-bond acceptors (Lipinski definition) is 10. The second kappa shape index (κ2) is 8.71. The first-order valence-corrected chi connectivity index (χ1v) is 11.1. The number of anilines is 1. The van der Waals surface area contributed by atoms with E-state index < -0.39 is 39.0 Å². The summed E-state index contributed by atoms with van der Waals surface area (Å²) in [4.78, 5) is 30.8. The Bertz CT molecular complexity index is 1170. The summed E-state index contributed by atoms with van der Waals surface area (Å²) >= 11 is 0. The number of hydrogen-bond donors (Lipinski definition) is 6. The smallest absolute Gasteiger partial charge is 0.404 e. The normalized spacial score (nSPS) is 23.6. The third-order valence-corrected chi connectivity index (χ3v) is 5.51. The van der Waals surface area contributed by atoms with Gasteiger partial charge in [0.25, 0.3) is 0 Å². The van der Waals surface area contributed by atoms with Crippen molar-refractivity contribution in [3.63, 3.8) is 0 Å². The third kappa shape index (κ3) is 4.45. The number of aliphatic hydroxyl groups excluding tert-OH is 3. The number of aliphatic hydroxyl groups is 3.